The maximum atomic E-state index is 13.2. The highest BCUT2D eigenvalue weighted by Gasteiger charge is 2.16. The largest absolute Gasteiger partial charge is 0.325 e. The minimum atomic E-state index is -0.536. The number of thioether (sulfide) groups is 1. The van der Waals surface area contributed by atoms with Crippen LogP contribution in [0.5, 0.6) is 0 Å². The first-order chi connectivity index (χ1) is 20.2. The van der Waals surface area contributed by atoms with E-state index in [1.54, 1.807) is 91.9 Å². The number of benzene rings is 4. The Bertz CT molecular complexity index is 1660. The molecule has 0 fully saturated rings. The number of carbonyl (C=O) groups is 3. The maximum Gasteiger partial charge on any atom is 0.272 e. The standard InChI is InChI=1S/C31H25ClN4O5S/c1-20-10-13-25(36(40)41)18-27(20)34-29(37)19-42-26-14-11-24(12-15-26)33-31(39)28(17-21-6-5-9-23(32)16-21)35-30(38)22-7-3-2-4-8-22/h2-18H,19H2,1H3,(H,33,39)(H,34,37)(H,35,38)/b28-17-. The molecule has 0 aliphatic carbocycles. The van der Waals surface area contributed by atoms with Crippen molar-refractivity contribution in [2.45, 2.75) is 11.8 Å². The van der Waals surface area contributed by atoms with E-state index in [-0.39, 0.29) is 23.0 Å². The molecule has 0 heterocycles. The molecule has 0 saturated heterocycles. The van der Waals surface area contributed by atoms with Gasteiger partial charge in [0.05, 0.1) is 16.4 Å². The van der Waals surface area contributed by atoms with Crippen LogP contribution in [0.3, 0.4) is 0 Å². The zero-order chi connectivity index (χ0) is 30.1. The topological polar surface area (TPSA) is 130 Å². The Hall–Kier alpha value is -4.93. The van der Waals surface area contributed by atoms with Gasteiger partial charge in [0.15, 0.2) is 0 Å². The lowest BCUT2D eigenvalue weighted by atomic mass is 10.1. The summed E-state index contributed by atoms with van der Waals surface area (Å²) in [5.41, 5.74) is 2.52. The predicted octanol–water partition coefficient (Wildman–Crippen LogP) is 6.70. The molecule has 0 aromatic heterocycles. The lowest BCUT2D eigenvalue weighted by Crippen LogP contribution is -2.30. The summed E-state index contributed by atoms with van der Waals surface area (Å²) < 4.78 is 0. The minimum Gasteiger partial charge on any atom is -0.325 e. The molecule has 4 aromatic carbocycles. The molecule has 9 nitrogen and oxygen atoms in total. The fourth-order valence-electron chi connectivity index (χ4n) is 3.73. The summed E-state index contributed by atoms with van der Waals surface area (Å²) >= 11 is 7.36. The van der Waals surface area contributed by atoms with Gasteiger partial charge in [-0.15, -0.1) is 11.8 Å². The quantitative estimate of drug-likeness (QED) is 0.0804. The van der Waals surface area contributed by atoms with Crippen LogP contribution in [0.1, 0.15) is 21.5 Å². The molecule has 0 bridgehead atoms. The number of aryl methyl sites for hydroxylation is 1. The zero-order valence-corrected chi connectivity index (χ0v) is 23.9. The van der Waals surface area contributed by atoms with Gasteiger partial charge < -0.3 is 16.0 Å². The zero-order valence-electron chi connectivity index (χ0n) is 22.3. The molecule has 0 unspecified atom stereocenters. The van der Waals surface area contributed by atoms with Crippen LogP contribution in [0.4, 0.5) is 17.1 Å². The van der Waals surface area contributed by atoms with Crippen molar-refractivity contribution in [2.24, 2.45) is 0 Å². The van der Waals surface area contributed by atoms with Crippen molar-refractivity contribution in [1.29, 1.82) is 0 Å². The molecule has 0 saturated carbocycles. The Morgan fingerprint density at radius 3 is 2.33 bits per heavy atom. The third-order valence-electron chi connectivity index (χ3n) is 5.88. The lowest BCUT2D eigenvalue weighted by Gasteiger charge is -2.12. The number of rotatable bonds is 10. The first-order valence-electron chi connectivity index (χ1n) is 12.6. The number of hydrogen-bond acceptors (Lipinski definition) is 6. The highest BCUT2D eigenvalue weighted by Crippen LogP contribution is 2.24. The summed E-state index contributed by atoms with van der Waals surface area (Å²) in [6.07, 6.45) is 1.54. The van der Waals surface area contributed by atoms with Gasteiger partial charge in [-0.2, -0.15) is 0 Å². The molecule has 0 spiro atoms. The Balaban J connectivity index is 1.40. The van der Waals surface area contributed by atoms with Gasteiger partial charge in [0.1, 0.15) is 5.70 Å². The molecule has 3 amide bonds. The third kappa shape index (κ3) is 8.53. The maximum absolute atomic E-state index is 13.2. The van der Waals surface area contributed by atoms with Crippen LogP contribution in [-0.4, -0.2) is 28.4 Å². The molecule has 0 radical (unpaired) electrons. The van der Waals surface area contributed by atoms with E-state index in [0.717, 1.165) is 4.90 Å². The van der Waals surface area contributed by atoms with Gasteiger partial charge in [0.25, 0.3) is 17.5 Å². The molecule has 42 heavy (non-hydrogen) atoms. The average molecular weight is 601 g/mol. The average Bonchev–Trinajstić information content (AvgIpc) is 2.98. The van der Waals surface area contributed by atoms with Crippen LogP contribution in [0.2, 0.25) is 5.02 Å². The van der Waals surface area contributed by atoms with Crippen LogP contribution in [0, 0.1) is 17.0 Å². The van der Waals surface area contributed by atoms with E-state index < -0.39 is 16.7 Å². The van der Waals surface area contributed by atoms with Crippen molar-refractivity contribution in [3.05, 3.63) is 135 Å². The molecule has 3 N–H and O–H groups in total. The first-order valence-corrected chi connectivity index (χ1v) is 14.0. The van der Waals surface area contributed by atoms with E-state index in [0.29, 0.717) is 33.1 Å². The number of hydrogen-bond donors (Lipinski definition) is 3. The monoisotopic (exact) mass is 600 g/mol. The molecule has 212 valence electrons. The minimum absolute atomic E-state index is 0.0256. The van der Waals surface area contributed by atoms with Gasteiger partial charge in [-0.25, -0.2) is 0 Å². The number of nitro groups is 1. The number of anilines is 2. The summed E-state index contributed by atoms with van der Waals surface area (Å²) in [4.78, 5) is 49.7. The Kier molecular flexibility index (Phi) is 10.1. The third-order valence-corrected chi connectivity index (χ3v) is 7.12. The smallest absolute Gasteiger partial charge is 0.272 e. The summed E-state index contributed by atoms with van der Waals surface area (Å²) in [5, 5.41) is 19.7. The van der Waals surface area contributed by atoms with Gasteiger partial charge in [-0.3, -0.25) is 24.5 Å². The van der Waals surface area contributed by atoms with Gasteiger partial charge in [0, 0.05) is 33.3 Å². The molecule has 0 aliphatic heterocycles. The number of nitro benzene ring substituents is 1. The SMILES string of the molecule is Cc1ccc([N+](=O)[O-])cc1NC(=O)CSc1ccc(NC(=O)/C(=C/c2cccc(Cl)c2)NC(=O)c2ccccc2)cc1. The molecule has 0 atom stereocenters. The predicted molar refractivity (Wildman–Crippen MR) is 166 cm³/mol. The fraction of sp³-hybridized carbons (Fsp3) is 0.0645. The number of non-ortho nitro benzene ring substituents is 1. The highest BCUT2D eigenvalue weighted by atomic mass is 35.5. The number of amides is 3. The highest BCUT2D eigenvalue weighted by molar-refractivity contribution is 8.00. The van der Waals surface area contributed by atoms with Crippen molar-refractivity contribution in [2.75, 3.05) is 16.4 Å². The van der Waals surface area contributed by atoms with E-state index in [4.69, 9.17) is 11.6 Å². The van der Waals surface area contributed by atoms with E-state index in [1.165, 1.54) is 30.0 Å². The lowest BCUT2D eigenvalue weighted by molar-refractivity contribution is -0.384. The van der Waals surface area contributed by atoms with E-state index in [2.05, 4.69) is 16.0 Å². The van der Waals surface area contributed by atoms with Crippen molar-refractivity contribution in [1.82, 2.24) is 5.32 Å². The summed E-state index contributed by atoms with van der Waals surface area (Å²) in [6, 6.07) is 26.6. The van der Waals surface area contributed by atoms with Crippen molar-refractivity contribution >= 4 is 64.2 Å². The van der Waals surface area contributed by atoms with Crippen molar-refractivity contribution < 1.29 is 19.3 Å². The number of nitrogens with zero attached hydrogens (tertiary/aromatic N) is 1. The van der Waals surface area contributed by atoms with Crippen LogP contribution in [-0.2, 0) is 9.59 Å². The molecule has 4 rings (SSSR count). The van der Waals surface area contributed by atoms with Crippen LogP contribution in [0.15, 0.2) is 108 Å². The second kappa shape index (κ2) is 14.1. The first kappa shape index (κ1) is 30.0. The van der Waals surface area contributed by atoms with Crippen molar-refractivity contribution in [3.63, 3.8) is 0 Å². The summed E-state index contributed by atoms with van der Waals surface area (Å²) in [5.74, 6) is -1.21. The Morgan fingerprint density at radius 1 is 0.905 bits per heavy atom. The second-order valence-corrected chi connectivity index (χ2v) is 10.5. The summed E-state index contributed by atoms with van der Waals surface area (Å²) in [6.45, 7) is 1.75. The van der Waals surface area contributed by atoms with Crippen LogP contribution in [0.25, 0.3) is 6.08 Å². The van der Waals surface area contributed by atoms with Gasteiger partial charge in [-0.1, -0.05) is 48.0 Å². The molecule has 0 aliphatic rings. The van der Waals surface area contributed by atoms with Gasteiger partial charge >= 0.3 is 0 Å². The molecular formula is C31H25ClN4O5S. The number of carbonyl (C=O) groups excluding carboxylic acids is 3. The number of halogens is 1. The summed E-state index contributed by atoms with van der Waals surface area (Å²) in [7, 11) is 0. The van der Waals surface area contributed by atoms with Crippen LogP contribution < -0.4 is 16.0 Å². The Labute approximate surface area is 251 Å². The van der Waals surface area contributed by atoms with Crippen LogP contribution >= 0.6 is 23.4 Å². The van der Waals surface area contributed by atoms with Gasteiger partial charge in [-0.05, 0) is 72.7 Å². The van der Waals surface area contributed by atoms with E-state index in [1.807, 2.05) is 0 Å². The number of nitrogens with one attached hydrogen (secondary N) is 3. The molecule has 4 aromatic rings. The van der Waals surface area contributed by atoms with E-state index in [9.17, 15) is 24.5 Å². The second-order valence-electron chi connectivity index (χ2n) is 9.00. The van der Waals surface area contributed by atoms with Gasteiger partial charge in [0.2, 0.25) is 5.91 Å². The molecule has 11 heteroatoms. The molecular weight excluding hydrogens is 576 g/mol. The Morgan fingerprint density at radius 2 is 1.64 bits per heavy atom. The fourth-order valence-corrected chi connectivity index (χ4v) is 4.63. The van der Waals surface area contributed by atoms with E-state index >= 15 is 0 Å². The normalized spacial score (nSPS) is 11.0. The van der Waals surface area contributed by atoms with Crippen molar-refractivity contribution in [3.8, 4) is 0 Å².